The number of fused-ring (bicyclic) bond motifs is 1. The van der Waals surface area contributed by atoms with Gasteiger partial charge in [0.05, 0.1) is 41.5 Å². The molecule has 3 aromatic rings. The van der Waals surface area contributed by atoms with Crippen LogP contribution in [0.15, 0.2) is 41.3 Å². The van der Waals surface area contributed by atoms with Gasteiger partial charge in [-0.05, 0) is 38.1 Å². The number of hydrogen-bond acceptors (Lipinski definition) is 8. The van der Waals surface area contributed by atoms with Crippen molar-refractivity contribution in [3.63, 3.8) is 0 Å². The number of aromatic nitrogens is 1. The lowest BCUT2D eigenvalue weighted by Gasteiger charge is -2.34. The molecule has 33 heavy (non-hydrogen) atoms. The van der Waals surface area contributed by atoms with Gasteiger partial charge in [0.25, 0.3) is 5.91 Å². The number of ether oxygens (including phenoxy) is 3. The Kier molecular flexibility index (Phi) is 6.57. The number of anilines is 1. The van der Waals surface area contributed by atoms with E-state index in [1.165, 1.54) is 39.9 Å². The van der Waals surface area contributed by atoms with Crippen molar-refractivity contribution in [2.45, 2.75) is 31.0 Å². The topological polar surface area (TPSA) is 107 Å². The molecule has 0 bridgehead atoms. The van der Waals surface area contributed by atoms with Crippen LogP contribution >= 0.6 is 11.3 Å². The second kappa shape index (κ2) is 9.26. The molecule has 1 aliphatic rings. The summed E-state index contributed by atoms with van der Waals surface area (Å²) >= 11 is 1.30. The van der Waals surface area contributed by atoms with Crippen LogP contribution < -0.4 is 14.8 Å². The highest BCUT2D eigenvalue weighted by Crippen LogP contribution is 2.36. The van der Waals surface area contributed by atoms with Gasteiger partial charge in [-0.3, -0.25) is 10.1 Å². The molecule has 1 saturated heterocycles. The van der Waals surface area contributed by atoms with E-state index < -0.39 is 10.0 Å². The number of rotatable bonds is 6. The number of nitrogens with one attached hydrogen (secondary N) is 1. The fraction of sp³-hybridized carbons (Fsp3) is 0.364. The Morgan fingerprint density at radius 1 is 1.09 bits per heavy atom. The van der Waals surface area contributed by atoms with Crippen LogP contribution in [0.25, 0.3) is 10.2 Å². The van der Waals surface area contributed by atoms with E-state index in [4.69, 9.17) is 14.2 Å². The Hall–Kier alpha value is -2.73. The lowest BCUT2D eigenvalue weighted by Crippen LogP contribution is -2.48. The van der Waals surface area contributed by atoms with Gasteiger partial charge in [0.2, 0.25) is 10.0 Å². The van der Waals surface area contributed by atoms with Crippen molar-refractivity contribution in [2.75, 3.05) is 32.6 Å². The Morgan fingerprint density at radius 2 is 1.70 bits per heavy atom. The highest BCUT2D eigenvalue weighted by Gasteiger charge is 2.32. The van der Waals surface area contributed by atoms with Crippen molar-refractivity contribution in [1.82, 2.24) is 9.29 Å². The molecule has 0 spiro atoms. The summed E-state index contributed by atoms with van der Waals surface area (Å²) in [6, 6.07) is 9.43. The van der Waals surface area contributed by atoms with E-state index >= 15 is 0 Å². The van der Waals surface area contributed by atoms with Gasteiger partial charge in [-0.1, -0.05) is 11.3 Å². The SMILES string of the molecule is COc1cc2nc(NC(=O)c3ccc(S(=O)(=O)N4C[C@H](C)O[C@@H](C)C4)cc3)sc2cc1OC. The molecule has 1 aromatic heterocycles. The van der Waals surface area contributed by atoms with Crippen LogP contribution in [-0.2, 0) is 14.8 Å². The summed E-state index contributed by atoms with van der Waals surface area (Å²) in [6.07, 6.45) is -0.357. The van der Waals surface area contributed by atoms with Gasteiger partial charge < -0.3 is 14.2 Å². The van der Waals surface area contributed by atoms with E-state index in [1.54, 1.807) is 26.4 Å². The van der Waals surface area contributed by atoms with Crippen LogP contribution in [0.5, 0.6) is 11.5 Å². The first-order valence-electron chi connectivity index (χ1n) is 10.3. The van der Waals surface area contributed by atoms with Crippen molar-refractivity contribution in [3.05, 3.63) is 42.0 Å². The van der Waals surface area contributed by atoms with Gasteiger partial charge in [0, 0.05) is 30.8 Å². The zero-order chi connectivity index (χ0) is 23.8. The van der Waals surface area contributed by atoms with Crippen molar-refractivity contribution >= 4 is 42.6 Å². The molecule has 0 aliphatic carbocycles. The number of hydrogen-bond donors (Lipinski definition) is 1. The fourth-order valence-corrected chi connectivity index (χ4v) is 6.19. The second-order valence-corrected chi connectivity index (χ2v) is 10.7. The highest BCUT2D eigenvalue weighted by atomic mass is 32.2. The molecule has 1 fully saturated rings. The average molecular weight is 492 g/mol. The van der Waals surface area contributed by atoms with E-state index in [0.717, 1.165) is 4.70 Å². The van der Waals surface area contributed by atoms with Gasteiger partial charge in [-0.2, -0.15) is 4.31 Å². The number of sulfonamides is 1. The largest absolute Gasteiger partial charge is 0.493 e. The normalized spacial score (nSPS) is 19.4. The Morgan fingerprint density at radius 3 is 2.30 bits per heavy atom. The molecular weight excluding hydrogens is 466 g/mol. The van der Waals surface area contributed by atoms with Crippen LogP contribution in [0.1, 0.15) is 24.2 Å². The Bertz CT molecular complexity index is 1220. The molecule has 9 nitrogen and oxygen atoms in total. The summed E-state index contributed by atoms with van der Waals surface area (Å²) in [5.74, 6) is 0.743. The number of methoxy groups -OCH3 is 2. The quantitative estimate of drug-likeness (QED) is 0.563. The number of carbonyl (C=O) groups is 1. The van der Waals surface area contributed by atoms with Gasteiger partial charge >= 0.3 is 0 Å². The molecule has 1 amide bonds. The zero-order valence-electron chi connectivity index (χ0n) is 18.7. The molecule has 0 radical (unpaired) electrons. The number of morpholine rings is 1. The van der Waals surface area contributed by atoms with Crippen molar-refractivity contribution < 1.29 is 27.4 Å². The smallest absolute Gasteiger partial charge is 0.257 e. The number of benzene rings is 2. The highest BCUT2D eigenvalue weighted by molar-refractivity contribution is 7.89. The summed E-state index contributed by atoms with van der Waals surface area (Å²) in [7, 11) is -0.575. The first kappa shape index (κ1) is 23.4. The molecule has 0 saturated carbocycles. The summed E-state index contributed by atoms with van der Waals surface area (Å²) in [5, 5.41) is 3.18. The molecule has 1 aliphatic heterocycles. The van der Waals surface area contributed by atoms with Crippen LogP contribution in [0.2, 0.25) is 0 Å². The molecule has 2 aromatic carbocycles. The van der Waals surface area contributed by atoms with E-state index in [2.05, 4.69) is 10.3 Å². The van der Waals surface area contributed by atoms with Crippen molar-refractivity contribution in [2.24, 2.45) is 0 Å². The van der Waals surface area contributed by atoms with Crippen LogP contribution in [-0.4, -0.2) is 63.1 Å². The lowest BCUT2D eigenvalue weighted by atomic mass is 10.2. The predicted molar refractivity (Wildman–Crippen MR) is 126 cm³/mol. The predicted octanol–water partition coefficient (Wildman–Crippen LogP) is 3.36. The number of carbonyl (C=O) groups excluding carboxylic acids is 1. The van der Waals surface area contributed by atoms with E-state index in [0.29, 0.717) is 40.8 Å². The summed E-state index contributed by atoms with van der Waals surface area (Å²) < 4.78 is 44.5. The molecule has 2 atom stereocenters. The molecule has 176 valence electrons. The maximum absolute atomic E-state index is 13.0. The monoisotopic (exact) mass is 491 g/mol. The molecule has 11 heteroatoms. The van der Waals surface area contributed by atoms with Crippen LogP contribution in [0, 0.1) is 0 Å². The summed E-state index contributed by atoms with van der Waals surface area (Å²) in [4.78, 5) is 17.3. The first-order chi connectivity index (χ1) is 15.7. The van der Waals surface area contributed by atoms with Crippen molar-refractivity contribution in [3.8, 4) is 11.5 Å². The molecule has 1 N–H and O–H groups in total. The van der Waals surface area contributed by atoms with Crippen molar-refractivity contribution in [1.29, 1.82) is 0 Å². The molecule has 0 unspecified atom stereocenters. The van der Waals surface area contributed by atoms with Crippen LogP contribution in [0.3, 0.4) is 0 Å². The minimum Gasteiger partial charge on any atom is -0.493 e. The molecule has 4 rings (SSSR count). The van der Waals surface area contributed by atoms with E-state index in [1.807, 2.05) is 13.8 Å². The fourth-order valence-electron chi connectivity index (χ4n) is 3.73. The summed E-state index contributed by atoms with van der Waals surface area (Å²) in [6.45, 7) is 4.28. The van der Waals surface area contributed by atoms with Gasteiger partial charge in [-0.15, -0.1) is 0 Å². The third-order valence-corrected chi connectivity index (χ3v) is 8.03. The van der Waals surface area contributed by atoms with Gasteiger partial charge in [0.1, 0.15) is 0 Å². The standard InChI is InChI=1S/C22H25N3O6S2/c1-13-11-25(12-14(2)31-13)33(27,28)16-7-5-15(6-8-16)21(26)24-22-23-17-9-18(29-3)19(30-4)10-20(17)32-22/h5-10,13-14H,11-12H2,1-4H3,(H,23,24,26)/t13-,14-/m0/s1. The van der Waals surface area contributed by atoms with E-state index in [-0.39, 0.29) is 23.0 Å². The third-order valence-electron chi connectivity index (χ3n) is 5.25. The molecule has 2 heterocycles. The minimum absolute atomic E-state index is 0.138. The number of amides is 1. The van der Waals surface area contributed by atoms with Gasteiger partial charge in [0.15, 0.2) is 16.6 Å². The number of nitrogens with zero attached hydrogens (tertiary/aromatic N) is 2. The third kappa shape index (κ3) is 4.81. The Labute approximate surface area is 196 Å². The first-order valence-corrected chi connectivity index (χ1v) is 12.6. The maximum Gasteiger partial charge on any atom is 0.257 e. The maximum atomic E-state index is 13.0. The Balaban J connectivity index is 1.50. The van der Waals surface area contributed by atoms with Gasteiger partial charge in [-0.25, -0.2) is 13.4 Å². The zero-order valence-corrected chi connectivity index (χ0v) is 20.3. The number of thiazole rings is 1. The lowest BCUT2D eigenvalue weighted by molar-refractivity contribution is -0.0440. The van der Waals surface area contributed by atoms with E-state index in [9.17, 15) is 13.2 Å². The molecular formula is C22H25N3O6S2. The second-order valence-electron chi connectivity index (χ2n) is 7.75. The average Bonchev–Trinajstić information content (AvgIpc) is 3.18. The summed E-state index contributed by atoms with van der Waals surface area (Å²) in [5.41, 5.74) is 0.996. The van der Waals surface area contributed by atoms with Crippen LogP contribution in [0.4, 0.5) is 5.13 Å². The minimum atomic E-state index is -3.67.